The maximum absolute atomic E-state index is 11.7. The number of aryl methyl sites for hydroxylation is 1. The molecule has 3 heteroatoms. The Morgan fingerprint density at radius 2 is 1.72 bits per heavy atom. The molecule has 0 atom stereocenters. The van der Waals surface area contributed by atoms with Crippen LogP contribution in [-0.2, 0) is 6.42 Å². The Balaban J connectivity index is 2.27. The summed E-state index contributed by atoms with van der Waals surface area (Å²) in [7, 11) is 0. The molecule has 29 heavy (non-hydrogen) atoms. The monoisotopic (exact) mass is 398 g/mol. The minimum Gasteiger partial charge on any atom is -0.493 e. The first-order valence-corrected chi connectivity index (χ1v) is 11.1. The standard InChI is InChI=1S/C26H38O3/c1-3-5-7-8-9-10-11-12-13-14-15-16-17-19-23-20-18-21-24(25(23)26(27)28)29-22-6-4-2/h3,7-8,10-11,18,20-21H,1,4-6,9,12-17,19,22H2,2H3,(H,27,28)/b8-7-,11-10-. The van der Waals surface area contributed by atoms with Gasteiger partial charge in [0.2, 0.25) is 0 Å². The van der Waals surface area contributed by atoms with Crippen LogP contribution in [0.2, 0.25) is 0 Å². The van der Waals surface area contributed by atoms with Gasteiger partial charge in [-0.05, 0) is 56.6 Å². The fourth-order valence-corrected chi connectivity index (χ4v) is 3.16. The number of carboxylic acid groups (broad SMARTS) is 1. The van der Waals surface area contributed by atoms with E-state index in [1.54, 1.807) is 6.07 Å². The number of carboxylic acids is 1. The van der Waals surface area contributed by atoms with Crippen LogP contribution in [-0.4, -0.2) is 17.7 Å². The van der Waals surface area contributed by atoms with E-state index in [9.17, 15) is 9.90 Å². The Hall–Kier alpha value is -2.29. The van der Waals surface area contributed by atoms with Gasteiger partial charge in [-0.2, -0.15) is 0 Å². The van der Waals surface area contributed by atoms with Gasteiger partial charge in [0.05, 0.1) is 6.61 Å². The topological polar surface area (TPSA) is 46.5 Å². The molecule has 0 aliphatic carbocycles. The molecule has 0 fully saturated rings. The van der Waals surface area contributed by atoms with Gasteiger partial charge in [0.1, 0.15) is 11.3 Å². The minimum absolute atomic E-state index is 0.343. The first kappa shape index (κ1) is 24.7. The Bertz CT molecular complexity index is 643. The summed E-state index contributed by atoms with van der Waals surface area (Å²) in [6.07, 6.45) is 22.3. The van der Waals surface area contributed by atoms with Crippen LogP contribution in [0.3, 0.4) is 0 Å². The molecule has 0 amide bonds. The SMILES string of the molecule is C=CC/C=C\C/C=C\CCCCCCCc1cccc(OCCCC)c1C(=O)O. The van der Waals surface area contributed by atoms with Crippen molar-refractivity contribution < 1.29 is 14.6 Å². The molecule has 1 rings (SSSR count). The van der Waals surface area contributed by atoms with Crippen LogP contribution in [0.4, 0.5) is 0 Å². The van der Waals surface area contributed by atoms with Crippen molar-refractivity contribution in [3.8, 4) is 5.75 Å². The van der Waals surface area contributed by atoms with E-state index in [-0.39, 0.29) is 0 Å². The molecular formula is C26H38O3. The third-order valence-corrected chi connectivity index (χ3v) is 4.81. The third-order valence-electron chi connectivity index (χ3n) is 4.81. The number of rotatable bonds is 17. The van der Waals surface area contributed by atoms with Crippen LogP contribution in [0, 0.1) is 0 Å². The van der Waals surface area contributed by atoms with Gasteiger partial charge in [0.25, 0.3) is 0 Å². The molecule has 3 nitrogen and oxygen atoms in total. The second-order valence-corrected chi connectivity index (χ2v) is 7.31. The van der Waals surface area contributed by atoms with Crippen LogP contribution in [0.25, 0.3) is 0 Å². The van der Waals surface area contributed by atoms with Crippen molar-refractivity contribution in [3.63, 3.8) is 0 Å². The van der Waals surface area contributed by atoms with E-state index >= 15 is 0 Å². The smallest absolute Gasteiger partial charge is 0.339 e. The van der Waals surface area contributed by atoms with Crippen LogP contribution in [0.5, 0.6) is 5.75 Å². The van der Waals surface area contributed by atoms with Gasteiger partial charge >= 0.3 is 5.97 Å². The molecular weight excluding hydrogens is 360 g/mol. The molecule has 0 spiro atoms. The van der Waals surface area contributed by atoms with Crippen LogP contribution in [0.15, 0.2) is 55.2 Å². The highest BCUT2D eigenvalue weighted by molar-refractivity contribution is 5.92. The Kier molecular flexibility index (Phi) is 14.2. The summed E-state index contributed by atoms with van der Waals surface area (Å²) >= 11 is 0. The van der Waals surface area contributed by atoms with E-state index in [0.29, 0.717) is 17.9 Å². The Morgan fingerprint density at radius 3 is 2.48 bits per heavy atom. The zero-order chi connectivity index (χ0) is 21.2. The van der Waals surface area contributed by atoms with E-state index in [0.717, 1.165) is 56.9 Å². The van der Waals surface area contributed by atoms with Gasteiger partial charge in [-0.3, -0.25) is 0 Å². The number of allylic oxidation sites excluding steroid dienone is 5. The predicted molar refractivity (Wildman–Crippen MR) is 123 cm³/mol. The van der Waals surface area contributed by atoms with Crippen molar-refractivity contribution in [2.45, 2.75) is 77.6 Å². The van der Waals surface area contributed by atoms with Crippen molar-refractivity contribution in [1.29, 1.82) is 0 Å². The summed E-state index contributed by atoms with van der Waals surface area (Å²) in [6, 6.07) is 5.60. The molecule has 0 saturated carbocycles. The highest BCUT2D eigenvalue weighted by Crippen LogP contribution is 2.25. The number of benzene rings is 1. The fourth-order valence-electron chi connectivity index (χ4n) is 3.16. The van der Waals surface area contributed by atoms with Crippen LogP contribution < -0.4 is 4.74 Å². The number of carbonyl (C=O) groups is 1. The van der Waals surface area contributed by atoms with Gasteiger partial charge in [-0.25, -0.2) is 4.79 Å². The van der Waals surface area contributed by atoms with Gasteiger partial charge in [-0.15, -0.1) is 6.58 Å². The largest absolute Gasteiger partial charge is 0.493 e. The zero-order valence-corrected chi connectivity index (χ0v) is 18.1. The quantitative estimate of drug-likeness (QED) is 0.218. The van der Waals surface area contributed by atoms with Crippen molar-refractivity contribution >= 4 is 5.97 Å². The van der Waals surface area contributed by atoms with Crippen molar-refractivity contribution in [2.24, 2.45) is 0 Å². The molecule has 0 radical (unpaired) electrons. The van der Waals surface area contributed by atoms with E-state index in [1.807, 2.05) is 18.2 Å². The fraction of sp³-hybridized carbons (Fsp3) is 0.500. The summed E-state index contributed by atoms with van der Waals surface area (Å²) < 4.78 is 5.70. The van der Waals surface area contributed by atoms with E-state index in [2.05, 4.69) is 37.8 Å². The second kappa shape index (κ2) is 16.6. The molecule has 0 saturated heterocycles. The Labute approximate surface area is 177 Å². The lowest BCUT2D eigenvalue weighted by Crippen LogP contribution is -2.08. The summed E-state index contributed by atoms with van der Waals surface area (Å²) in [5, 5.41) is 9.61. The zero-order valence-electron chi connectivity index (χ0n) is 18.1. The average molecular weight is 399 g/mol. The number of ether oxygens (including phenoxy) is 1. The summed E-state index contributed by atoms with van der Waals surface area (Å²) in [5.41, 5.74) is 1.23. The number of unbranched alkanes of at least 4 members (excludes halogenated alkanes) is 6. The van der Waals surface area contributed by atoms with Gasteiger partial charge in [0, 0.05) is 0 Å². The summed E-state index contributed by atoms with van der Waals surface area (Å²) in [5.74, 6) is -0.382. The van der Waals surface area contributed by atoms with E-state index in [4.69, 9.17) is 4.74 Å². The number of hydrogen-bond donors (Lipinski definition) is 1. The molecule has 0 aliphatic heterocycles. The van der Waals surface area contributed by atoms with E-state index < -0.39 is 5.97 Å². The van der Waals surface area contributed by atoms with Crippen molar-refractivity contribution in [2.75, 3.05) is 6.61 Å². The molecule has 0 unspecified atom stereocenters. The molecule has 1 aromatic carbocycles. The molecule has 0 aromatic heterocycles. The summed E-state index contributed by atoms with van der Waals surface area (Å²) in [4.78, 5) is 11.7. The highest BCUT2D eigenvalue weighted by atomic mass is 16.5. The lowest BCUT2D eigenvalue weighted by molar-refractivity contribution is 0.0691. The molecule has 0 aliphatic rings. The van der Waals surface area contributed by atoms with Crippen molar-refractivity contribution in [3.05, 3.63) is 66.3 Å². The molecule has 160 valence electrons. The molecule has 1 N–H and O–H groups in total. The number of hydrogen-bond acceptors (Lipinski definition) is 2. The molecule has 0 heterocycles. The maximum atomic E-state index is 11.7. The van der Waals surface area contributed by atoms with Gasteiger partial charge in [0.15, 0.2) is 0 Å². The van der Waals surface area contributed by atoms with Crippen LogP contribution >= 0.6 is 0 Å². The third kappa shape index (κ3) is 11.3. The first-order valence-electron chi connectivity index (χ1n) is 11.1. The lowest BCUT2D eigenvalue weighted by atomic mass is 9.99. The predicted octanol–water partition coefficient (Wildman–Crippen LogP) is 7.53. The average Bonchev–Trinajstić information content (AvgIpc) is 2.71. The molecule has 1 aromatic rings. The Morgan fingerprint density at radius 1 is 1.00 bits per heavy atom. The van der Waals surface area contributed by atoms with E-state index in [1.165, 1.54) is 19.3 Å². The maximum Gasteiger partial charge on any atom is 0.339 e. The lowest BCUT2D eigenvalue weighted by Gasteiger charge is -2.12. The van der Waals surface area contributed by atoms with Gasteiger partial charge in [-0.1, -0.05) is 75.1 Å². The normalized spacial score (nSPS) is 11.3. The minimum atomic E-state index is -0.891. The van der Waals surface area contributed by atoms with Crippen LogP contribution in [0.1, 0.15) is 87.1 Å². The van der Waals surface area contributed by atoms with Gasteiger partial charge < -0.3 is 9.84 Å². The summed E-state index contributed by atoms with van der Waals surface area (Å²) in [6.45, 7) is 6.36. The second-order valence-electron chi connectivity index (χ2n) is 7.31. The first-order chi connectivity index (χ1) is 14.2. The van der Waals surface area contributed by atoms with Crippen molar-refractivity contribution in [1.82, 2.24) is 0 Å². The highest BCUT2D eigenvalue weighted by Gasteiger charge is 2.16. The molecule has 0 bridgehead atoms. The number of aromatic carboxylic acids is 1.